The van der Waals surface area contributed by atoms with Crippen LogP contribution in [0.3, 0.4) is 0 Å². The van der Waals surface area contributed by atoms with Gasteiger partial charge in [-0.3, -0.25) is 9.36 Å². The molecule has 2 aromatic carbocycles. The zero-order valence-corrected chi connectivity index (χ0v) is 18.6. The molecule has 154 valence electrons. The van der Waals surface area contributed by atoms with Crippen LogP contribution >= 0.6 is 30.7 Å². The molecule has 29 heavy (non-hydrogen) atoms. The maximum absolute atomic E-state index is 12.7. The van der Waals surface area contributed by atoms with Crippen LogP contribution in [0.15, 0.2) is 65.5 Å². The molecule has 0 saturated heterocycles. The van der Waals surface area contributed by atoms with Crippen molar-refractivity contribution in [1.82, 2.24) is 5.32 Å². The Kier molecular flexibility index (Phi) is 8.60. The van der Waals surface area contributed by atoms with Crippen LogP contribution in [0.4, 0.5) is 0 Å². The molecule has 2 aromatic rings. The first-order valence-electron chi connectivity index (χ1n) is 8.71. The molecule has 8 heteroatoms. The molecule has 0 spiro atoms. The van der Waals surface area contributed by atoms with Gasteiger partial charge >= 0.3 is 0 Å². The van der Waals surface area contributed by atoms with E-state index >= 15 is 0 Å². The fraction of sp³-hybridized carbons (Fsp3) is 0.190. The topological polar surface area (TPSA) is 75.6 Å². The molecule has 0 aliphatic rings. The summed E-state index contributed by atoms with van der Waals surface area (Å²) in [5.74, 6) is 0.157. The second-order valence-electron chi connectivity index (χ2n) is 6.32. The number of halogens is 1. The molecule has 5 nitrogen and oxygen atoms in total. The minimum Gasteiger partial charge on any atom is -0.497 e. The lowest BCUT2D eigenvalue weighted by atomic mass is 10.1. The van der Waals surface area contributed by atoms with E-state index in [0.29, 0.717) is 10.8 Å². The molecule has 0 bridgehead atoms. The monoisotopic (exact) mass is 451 g/mol. The van der Waals surface area contributed by atoms with Gasteiger partial charge < -0.3 is 14.9 Å². The van der Waals surface area contributed by atoms with Crippen LogP contribution in [0, 0.1) is 0 Å². The van der Waals surface area contributed by atoms with Crippen molar-refractivity contribution in [2.45, 2.75) is 17.0 Å². The number of nitrogens with one attached hydrogen (secondary N) is 1. The summed E-state index contributed by atoms with van der Waals surface area (Å²) in [5, 5.41) is 4.76. The number of benzene rings is 2. The van der Waals surface area contributed by atoms with Gasteiger partial charge in [0.15, 0.2) is 0 Å². The van der Waals surface area contributed by atoms with E-state index in [2.05, 4.69) is 11.9 Å². The second kappa shape index (κ2) is 10.7. The number of thioether (sulfide) groups is 1. The SMILES string of the molecule is C=CSc1ccc(Cl)cc1CC(C(=O)N/C=C/c1cccc(OC)c1)P(C)(=O)O. The van der Waals surface area contributed by atoms with Gasteiger partial charge in [-0.2, -0.15) is 0 Å². The average molecular weight is 452 g/mol. The van der Waals surface area contributed by atoms with Crippen LogP contribution in [-0.2, 0) is 15.8 Å². The van der Waals surface area contributed by atoms with Gasteiger partial charge in [0.2, 0.25) is 13.3 Å². The van der Waals surface area contributed by atoms with E-state index in [4.69, 9.17) is 16.3 Å². The third kappa shape index (κ3) is 7.09. The fourth-order valence-electron chi connectivity index (χ4n) is 2.66. The molecule has 0 aromatic heterocycles. The Bertz CT molecular complexity index is 957. The molecule has 2 unspecified atom stereocenters. The summed E-state index contributed by atoms with van der Waals surface area (Å²) in [6.45, 7) is 4.88. The van der Waals surface area contributed by atoms with Crippen LogP contribution in [0.5, 0.6) is 5.75 Å². The molecule has 0 aliphatic heterocycles. The van der Waals surface area contributed by atoms with Gasteiger partial charge in [-0.15, -0.1) is 0 Å². The van der Waals surface area contributed by atoms with Crippen molar-refractivity contribution in [3.63, 3.8) is 0 Å². The lowest BCUT2D eigenvalue weighted by Gasteiger charge is -2.20. The number of hydrogen-bond donors (Lipinski definition) is 2. The Labute approximate surface area is 180 Å². The number of carbonyl (C=O) groups excluding carboxylic acids is 1. The summed E-state index contributed by atoms with van der Waals surface area (Å²) in [7, 11) is -2.15. The standard InChI is InChI=1S/C21H23ClNO4PS/c1-4-29-20-9-8-17(22)13-16(20)14-19(28(3,25)26)21(24)23-11-10-15-6-5-7-18(12-15)27-2/h4-13,19H,1,14H2,2-3H3,(H,23,24)(H,25,26)/b11-10+. The smallest absolute Gasteiger partial charge is 0.237 e. The van der Waals surface area contributed by atoms with Crippen LogP contribution in [0.1, 0.15) is 11.1 Å². The van der Waals surface area contributed by atoms with E-state index in [9.17, 15) is 14.3 Å². The summed E-state index contributed by atoms with van der Waals surface area (Å²) in [6, 6.07) is 12.5. The van der Waals surface area contributed by atoms with Crippen LogP contribution < -0.4 is 10.1 Å². The van der Waals surface area contributed by atoms with E-state index in [1.54, 1.807) is 36.8 Å². The minimum absolute atomic E-state index is 0.0832. The lowest BCUT2D eigenvalue weighted by Crippen LogP contribution is -2.33. The Morgan fingerprint density at radius 1 is 1.38 bits per heavy atom. The molecule has 0 saturated carbocycles. The summed E-state index contributed by atoms with van der Waals surface area (Å²) in [5.41, 5.74) is 0.430. The molecule has 2 rings (SSSR count). The Balaban J connectivity index is 2.19. The number of carbonyl (C=O) groups is 1. The zero-order valence-electron chi connectivity index (χ0n) is 16.2. The fourth-order valence-corrected chi connectivity index (χ4v) is 4.52. The molecule has 0 radical (unpaired) electrons. The van der Waals surface area contributed by atoms with Crippen molar-refractivity contribution < 1.29 is 19.0 Å². The Morgan fingerprint density at radius 3 is 2.79 bits per heavy atom. The number of amides is 1. The average Bonchev–Trinajstić information content (AvgIpc) is 2.67. The van der Waals surface area contributed by atoms with Crippen molar-refractivity contribution in [1.29, 1.82) is 0 Å². The van der Waals surface area contributed by atoms with Crippen LogP contribution in [0.25, 0.3) is 6.08 Å². The Morgan fingerprint density at radius 2 is 2.14 bits per heavy atom. The molecule has 1 amide bonds. The van der Waals surface area contributed by atoms with Gasteiger partial charge in [-0.05, 0) is 59.4 Å². The molecular formula is C21H23ClNO4PS. The van der Waals surface area contributed by atoms with Gasteiger partial charge in [0.1, 0.15) is 11.4 Å². The van der Waals surface area contributed by atoms with E-state index in [0.717, 1.165) is 16.0 Å². The quantitative estimate of drug-likeness (QED) is 0.405. The van der Waals surface area contributed by atoms with E-state index in [1.807, 2.05) is 24.3 Å². The number of rotatable bonds is 9. The number of methoxy groups -OCH3 is 1. The summed E-state index contributed by atoms with van der Waals surface area (Å²) in [4.78, 5) is 23.7. The number of ether oxygens (including phenoxy) is 1. The molecule has 0 fully saturated rings. The molecule has 0 aliphatic carbocycles. The molecular weight excluding hydrogens is 429 g/mol. The maximum atomic E-state index is 12.7. The Hall–Kier alpha value is -1.98. The van der Waals surface area contributed by atoms with Crippen molar-refractivity contribution in [2.75, 3.05) is 13.8 Å². The first kappa shape index (κ1) is 23.3. The predicted molar refractivity (Wildman–Crippen MR) is 121 cm³/mol. The van der Waals surface area contributed by atoms with Gasteiger partial charge in [-0.1, -0.05) is 42.1 Å². The first-order valence-corrected chi connectivity index (χ1v) is 12.1. The van der Waals surface area contributed by atoms with Crippen molar-refractivity contribution in [3.8, 4) is 5.75 Å². The van der Waals surface area contributed by atoms with Crippen molar-refractivity contribution in [3.05, 3.63) is 76.8 Å². The van der Waals surface area contributed by atoms with E-state index < -0.39 is 18.9 Å². The molecule has 0 heterocycles. The van der Waals surface area contributed by atoms with Crippen LogP contribution in [-0.4, -0.2) is 30.2 Å². The third-order valence-electron chi connectivity index (χ3n) is 4.12. The van der Waals surface area contributed by atoms with E-state index in [-0.39, 0.29) is 6.42 Å². The van der Waals surface area contributed by atoms with Crippen molar-refractivity contribution >= 4 is 42.7 Å². The van der Waals surface area contributed by atoms with Gasteiger partial charge in [0.25, 0.3) is 0 Å². The highest BCUT2D eigenvalue weighted by molar-refractivity contribution is 8.02. The van der Waals surface area contributed by atoms with Gasteiger partial charge in [0, 0.05) is 22.8 Å². The first-order chi connectivity index (χ1) is 13.7. The normalized spacial score (nSPS) is 14.2. The van der Waals surface area contributed by atoms with Gasteiger partial charge in [-0.25, -0.2) is 0 Å². The second-order valence-corrected chi connectivity index (χ2v) is 10.3. The molecule has 2 atom stereocenters. The van der Waals surface area contributed by atoms with E-state index in [1.165, 1.54) is 24.6 Å². The van der Waals surface area contributed by atoms with Crippen molar-refractivity contribution in [2.24, 2.45) is 0 Å². The summed E-state index contributed by atoms with van der Waals surface area (Å²) >= 11 is 7.45. The molecule has 2 N–H and O–H groups in total. The highest BCUT2D eigenvalue weighted by Gasteiger charge is 2.33. The van der Waals surface area contributed by atoms with Gasteiger partial charge in [0.05, 0.1) is 7.11 Å². The highest BCUT2D eigenvalue weighted by Crippen LogP contribution is 2.44. The lowest BCUT2D eigenvalue weighted by molar-refractivity contribution is -0.119. The largest absolute Gasteiger partial charge is 0.497 e. The predicted octanol–water partition coefficient (Wildman–Crippen LogP) is 5.18. The highest BCUT2D eigenvalue weighted by atomic mass is 35.5. The third-order valence-corrected chi connectivity index (χ3v) is 6.75. The maximum Gasteiger partial charge on any atom is 0.237 e. The minimum atomic E-state index is -3.72. The summed E-state index contributed by atoms with van der Waals surface area (Å²) < 4.78 is 17.6. The zero-order chi connectivity index (χ0) is 21.4. The number of hydrogen-bond acceptors (Lipinski definition) is 4. The van der Waals surface area contributed by atoms with Crippen LogP contribution in [0.2, 0.25) is 5.02 Å². The summed E-state index contributed by atoms with van der Waals surface area (Å²) in [6.07, 6.45) is 3.23.